The van der Waals surface area contributed by atoms with Gasteiger partial charge in [-0.2, -0.15) is 0 Å². The third-order valence-corrected chi connectivity index (χ3v) is 4.94. The van der Waals surface area contributed by atoms with Crippen LogP contribution in [0.25, 0.3) is 0 Å². The highest BCUT2D eigenvalue weighted by atomic mass is 79.9. The first-order chi connectivity index (χ1) is 10.0. The van der Waals surface area contributed by atoms with Crippen molar-refractivity contribution in [3.8, 4) is 0 Å². The normalized spacial score (nSPS) is 11.0. The quantitative estimate of drug-likeness (QED) is 0.676. The number of hydrogen-bond acceptors (Lipinski definition) is 2. The number of nitrogens with zero attached hydrogens (tertiary/aromatic N) is 2. The zero-order valence-corrected chi connectivity index (χ0v) is 15.4. The first kappa shape index (κ1) is 18.5. The van der Waals surface area contributed by atoms with Crippen LogP contribution >= 0.6 is 27.5 Å². The average Bonchev–Trinajstić information content (AvgIpc) is 2.50. The third kappa shape index (κ3) is 5.28. The summed E-state index contributed by atoms with van der Waals surface area (Å²) in [6, 6.07) is 5.46. The fourth-order valence-corrected chi connectivity index (χ4v) is 2.84. The lowest BCUT2D eigenvalue weighted by molar-refractivity contribution is 0.0757. The first-order valence-electron chi connectivity index (χ1n) is 7.50. The minimum Gasteiger partial charge on any atom is -0.339 e. The topological polar surface area (TPSA) is 23.6 Å². The van der Waals surface area contributed by atoms with E-state index in [1.165, 1.54) is 0 Å². The lowest BCUT2D eigenvalue weighted by atomic mass is 10.2. The molecular formula is C16H24BrClN2O. The van der Waals surface area contributed by atoms with E-state index in [1.54, 1.807) is 6.07 Å². The number of benzene rings is 1. The average molecular weight is 376 g/mol. The van der Waals surface area contributed by atoms with Crippen molar-refractivity contribution in [2.24, 2.45) is 0 Å². The maximum atomic E-state index is 12.6. The van der Waals surface area contributed by atoms with Gasteiger partial charge in [0.25, 0.3) is 5.91 Å². The van der Waals surface area contributed by atoms with Crippen LogP contribution in [0, 0.1) is 0 Å². The van der Waals surface area contributed by atoms with Gasteiger partial charge in [-0.3, -0.25) is 4.79 Å². The highest BCUT2D eigenvalue weighted by Gasteiger charge is 2.18. The van der Waals surface area contributed by atoms with E-state index in [0.717, 1.165) is 37.1 Å². The van der Waals surface area contributed by atoms with Gasteiger partial charge in [0.1, 0.15) is 0 Å². The first-order valence-corrected chi connectivity index (χ1v) is 8.67. The minimum atomic E-state index is 0.00310. The van der Waals surface area contributed by atoms with Crippen LogP contribution in [0.3, 0.4) is 0 Å². The predicted molar refractivity (Wildman–Crippen MR) is 93.1 cm³/mol. The largest absolute Gasteiger partial charge is 0.339 e. The van der Waals surface area contributed by atoms with E-state index in [0.29, 0.717) is 17.1 Å². The molecule has 1 aromatic carbocycles. The molecule has 21 heavy (non-hydrogen) atoms. The smallest absolute Gasteiger partial charge is 0.255 e. The van der Waals surface area contributed by atoms with Crippen LogP contribution in [-0.2, 0) is 0 Å². The number of hydrogen-bond donors (Lipinski definition) is 0. The summed E-state index contributed by atoms with van der Waals surface area (Å²) in [5, 5.41) is 0.490. The summed E-state index contributed by atoms with van der Waals surface area (Å²) in [4.78, 5) is 16.8. The molecule has 0 saturated heterocycles. The van der Waals surface area contributed by atoms with Crippen molar-refractivity contribution in [1.82, 2.24) is 9.80 Å². The van der Waals surface area contributed by atoms with Gasteiger partial charge in [0.15, 0.2) is 0 Å². The van der Waals surface area contributed by atoms with Gasteiger partial charge < -0.3 is 9.80 Å². The highest BCUT2D eigenvalue weighted by Crippen LogP contribution is 2.27. The molecule has 0 spiro atoms. The molecule has 0 saturated carbocycles. The number of carbonyl (C=O) groups excluding carboxylic acids is 1. The van der Waals surface area contributed by atoms with Gasteiger partial charge in [-0.1, -0.05) is 31.5 Å². The van der Waals surface area contributed by atoms with Crippen molar-refractivity contribution < 1.29 is 4.79 Å². The van der Waals surface area contributed by atoms with E-state index in [9.17, 15) is 4.79 Å². The van der Waals surface area contributed by atoms with E-state index >= 15 is 0 Å². The highest BCUT2D eigenvalue weighted by molar-refractivity contribution is 9.10. The van der Waals surface area contributed by atoms with E-state index in [2.05, 4.69) is 34.7 Å². The Balaban J connectivity index is 2.67. The monoisotopic (exact) mass is 374 g/mol. The van der Waals surface area contributed by atoms with Crippen molar-refractivity contribution in [3.63, 3.8) is 0 Å². The summed E-state index contributed by atoms with van der Waals surface area (Å²) in [6.45, 7) is 10.9. The Morgan fingerprint density at radius 1 is 1.14 bits per heavy atom. The molecule has 0 aliphatic carbocycles. The summed E-state index contributed by atoms with van der Waals surface area (Å²) in [5.41, 5.74) is 0.565. The molecule has 1 amide bonds. The van der Waals surface area contributed by atoms with Gasteiger partial charge in [-0.15, -0.1) is 0 Å². The SMILES string of the molecule is CCN(CC)CCCN(CC)C(=O)c1cccc(Br)c1Cl. The second-order valence-electron chi connectivity index (χ2n) is 4.87. The maximum absolute atomic E-state index is 12.6. The minimum absolute atomic E-state index is 0.00310. The Bertz CT molecular complexity index is 464. The van der Waals surface area contributed by atoms with Crippen molar-refractivity contribution in [1.29, 1.82) is 0 Å². The van der Waals surface area contributed by atoms with Crippen molar-refractivity contribution in [2.75, 3.05) is 32.7 Å². The lowest BCUT2D eigenvalue weighted by Crippen LogP contribution is -2.34. The molecule has 0 aliphatic rings. The Hall–Kier alpha value is -0.580. The van der Waals surface area contributed by atoms with Crippen LogP contribution in [-0.4, -0.2) is 48.4 Å². The van der Waals surface area contributed by atoms with Crippen LogP contribution in [0.1, 0.15) is 37.6 Å². The Labute approximate surface area is 141 Å². The van der Waals surface area contributed by atoms with Gasteiger partial charge in [0, 0.05) is 17.6 Å². The molecule has 1 aromatic rings. The molecule has 0 aliphatic heterocycles. The fraction of sp³-hybridized carbons (Fsp3) is 0.562. The van der Waals surface area contributed by atoms with Crippen LogP contribution in [0.5, 0.6) is 0 Å². The van der Waals surface area contributed by atoms with Gasteiger partial charge in [-0.05, 0) is 61.0 Å². The maximum Gasteiger partial charge on any atom is 0.255 e. The molecule has 3 nitrogen and oxygen atoms in total. The third-order valence-electron chi connectivity index (χ3n) is 3.65. The van der Waals surface area contributed by atoms with Crippen molar-refractivity contribution >= 4 is 33.4 Å². The second kappa shape index (κ2) is 9.44. The molecule has 5 heteroatoms. The number of amides is 1. The second-order valence-corrected chi connectivity index (χ2v) is 6.10. The van der Waals surface area contributed by atoms with E-state index < -0.39 is 0 Å². The summed E-state index contributed by atoms with van der Waals surface area (Å²) in [5.74, 6) is 0.00310. The van der Waals surface area contributed by atoms with Gasteiger partial charge in [-0.25, -0.2) is 0 Å². The van der Waals surface area contributed by atoms with Gasteiger partial charge in [0.05, 0.1) is 10.6 Å². The summed E-state index contributed by atoms with van der Waals surface area (Å²) < 4.78 is 0.759. The number of rotatable bonds is 8. The Morgan fingerprint density at radius 3 is 2.38 bits per heavy atom. The van der Waals surface area contributed by atoms with Gasteiger partial charge >= 0.3 is 0 Å². The van der Waals surface area contributed by atoms with Crippen LogP contribution < -0.4 is 0 Å². The summed E-state index contributed by atoms with van der Waals surface area (Å²) in [6.07, 6.45) is 0.979. The molecule has 0 bridgehead atoms. The van der Waals surface area contributed by atoms with Crippen molar-refractivity contribution in [3.05, 3.63) is 33.3 Å². The molecule has 0 heterocycles. The molecule has 1 rings (SSSR count). The van der Waals surface area contributed by atoms with E-state index in [1.807, 2.05) is 24.0 Å². The predicted octanol–water partition coefficient (Wildman–Crippen LogP) is 4.30. The van der Waals surface area contributed by atoms with Crippen LogP contribution in [0.4, 0.5) is 0 Å². The van der Waals surface area contributed by atoms with Crippen molar-refractivity contribution in [2.45, 2.75) is 27.2 Å². The summed E-state index contributed by atoms with van der Waals surface area (Å²) >= 11 is 9.58. The number of halogens is 2. The van der Waals surface area contributed by atoms with Crippen LogP contribution in [0.2, 0.25) is 5.02 Å². The molecule has 0 N–H and O–H groups in total. The fourth-order valence-electron chi connectivity index (χ4n) is 2.27. The standard InChI is InChI=1S/C16H24BrClN2O/c1-4-19(5-2)11-8-12-20(6-3)16(21)13-9-7-10-14(17)15(13)18/h7,9-10H,4-6,8,11-12H2,1-3H3. The molecule has 0 atom stereocenters. The molecule has 118 valence electrons. The van der Waals surface area contributed by atoms with Gasteiger partial charge in [0.2, 0.25) is 0 Å². The van der Waals surface area contributed by atoms with E-state index in [-0.39, 0.29) is 5.91 Å². The zero-order chi connectivity index (χ0) is 15.8. The van der Waals surface area contributed by atoms with E-state index in [4.69, 9.17) is 11.6 Å². The Morgan fingerprint density at radius 2 is 1.81 bits per heavy atom. The lowest BCUT2D eigenvalue weighted by Gasteiger charge is -2.24. The Kier molecular flexibility index (Phi) is 8.30. The zero-order valence-electron chi connectivity index (χ0n) is 13.0. The van der Waals surface area contributed by atoms with Crippen LogP contribution in [0.15, 0.2) is 22.7 Å². The number of carbonyl (C=O) groups is 1. The molecule has 0 radical (unpaired) electrons. The molecule has 0 fully saturated rings. The molecule has 0 unspecified atom stereocenters. The molecular weight excluding hydrogens is 352 g/mol. The summed E-state index contributed by atoms with van der Waals surface area (Å²) in [7, 11) is 0. The molecule has 0 aromatic heterocycles.